The van der Waals surface area contributed by atoms with Crippen LogP contribution in [0.25, 0.3) is 0 Å². The Morgan fingerprint density at radius 3 is 0.844 bits per heavy atom. The third-order valence-corrected chi connectivity index (χ3v) is 13.4. The highest BCUT2D eigenvalue weighted by molar-refractivity contribution is 5.71. The van der Waals surface area contributed by atoms with Crippen molar-refractivity contribution in [2.75, 3.05) is 13.2 Å². The van der Waals surface area contributed by atoms with E-state index < -0.39 is 6.10 Å². The zero-order valence-electron chi connectivity index (χ0n) is 50.2. The monoisotopic (exact) mass is 1070 g/mol. The molecule has 1 unspecified atom stereocenters. The van der Waals surface area contributed by atoms with Crippen molar-refractivity contribution >= 4 is 17.9 Å². The van der Waals surface area contributed by atoms with Crippen LogP contribution in [0.4, 0.5) is 0 Å². The summed E-state index contributed by atoms with van der Waals surface area (Å²) in [5.74, 6) is -0.911. The standard InChI is InChI=1S/C71H118O6/c1-4-7-10-13-16-19-22-25-27-28-29-30-31-32-33-34-35-36-37-38-39-40-41-42-44-46-49-52-55-58-61-64-70(73)76-67-68(66-75-69(72)63-60-57-54-51-48-45-24-21-18-15-12-9-6-3)77-71(74)65-62-59-56-53-50-47-43-26-23-20-17-14-11-8-5-2/h7,10,12,15-16,19,21,24-25,27,29-30,32-33,35-36,38-39,41-42,68H,4-6,8-9,11,13-14,17-18,20,22-23,26,28,31,34,37,40,43-67H2,1-3H3/b10-7-,15-12-,19-16-,24-21-,27-25-,30-29-,33-32-,36-35-,39-38-,42-41-. The zero-order valence-corrected chi connectivity index (χ0v) is 50.2. The molecule has 0 radical (unpaired) electrons. The summed E-state index contributed by atoms with van der Waals surface area (Å²) >= 11 is 0. The quantitative estimate of drug-likeness (QED) is 0.0261. The van der Waals surface area contributed by atoms with E-state index in [4.69, 9.17) is 14.2 Å². The van der Waals surface area contributed by atoms with E-state index in [0.29, 0.717) is 19.3 Å². The van der Waals surface area contributed by atoms with E-state index in [1.54, 1.807) is 0 Å². The first kappa shape index (κ1) is 72.8. The summed E-state index contributed by atoms with van der Waals surface area (Å²) in [6.07, 6.45) is 89.2. The largest absolute Gasteiger partial charge is 0.462 e. The van der Waals surface area contributed by atoms with E-state index in [-0.39, 0.29) is 31.1 Å². The third-order valence-electron chi connectivity index (χ3n) is 13.4. The molecule has 0 saturated carbocycles. The number of hydrogen-bond acceptors (Lipinski definition) is 6. The van der Waals surface area contributed by atoms with Crippen LogP contribution in [-0.4, -0.2) is 37.2 Å². The summed E-state index contributed by atoms with van der Waals surface area (Å²) < 4.78 is 16.9. The fourth-order valence-corrected chi connectivity index (χ4v) is 8.67. The molecule has 0 heterocycles. The molecule has 0 rings (SSSR count). The molecule has 0 fully saturated rings. The van der Waals surface area contributed by atoms with Gasteiger partial charge in [-0.2, -0.15) is 0 Å². The normalized spacial score (nSPS) is 12.9. The van der Waals surface area contributed by atoms with Gasteiger partial charge >= 0.3 is 17.9 Å². The van der Waals surface area contributed by atoms with Crippen molar-refractivity contribution in [1.82, 2.24) is 0 Å². The number of esters is 3. The van der Waals surface area contributed by atoms with E-state index in [2.05, 4.69) is 142 Å². The molecule has 0 aromatic carbocycles. The van der Waals surface area contributed by atoms with E-state index in [0.717, 1.165) is 154 Å². The predicted molar refractivity (Wildman–Crippen MR) is 334 cm³/mol. The molecule has 0 saturated heterocycles. The van der Waals surface area contributed by atoms with Gasteiger partial charge < -0.3 is 14.2 Å². The Morgan fingerprint density at radius 1 is 0.273 bits per heavy atom. The van der Waals surface area contributed by atoms with Gasteiger partial charge in [0.1, 0.15) is 13.2 Å². The van der Waals surface area contributed by atoms with Crippen LogP contribution in [0.1, 0.15) is 290 Å². The number of hydrogen-bond donors (Lipinski definition) is 0. The van der Waals surface area contributed by atoms with Crippen LogP contribution in [-0.2, 0) is 28.6 Å². The predicted octanol–water partition coefficient (Wildman–Crippen LogP) is 22.0. The van der Waals surface area contributed by atoms with E-state index >= 15 is 0 Å². The summed E-state index contributed by atoms with van der Waals surface area (Å²) in [4.78, 5) is 38.2. The molecule has 0 aromatic rings. The summed E-state index contributed by atoms with van der Waals surface area (Å²) in [6, 6.07) is 0. The van der Waals surface area contributed by atoms with E-state index in [1.807, 2.05) is 0 Å². The van der Waals surface area contributed by atoms with Crippen LogP contribution < -0.4 is 0 Å². The highest BCUT2D eigenvalue weighted by Gasteiger charge is 2.19. The highest BCUT2D eigenvalue weighted by atomic mass is 16.6. The maximum absolute atomic E-state index is 12.9. The summed E-state index contributed by atoms with van der Waals surface area (Å²) in [6.45, 7) is 6.45. The van der Waals surface area contributed by atoms with Crippen molar-refractivity contribution < 1.29 is 28.6 Å². The van der Waals surface area contributed by atoms with Gasteiger partial charge in [0.2, 0.25) is 0 Å². The molecule has 6 nitrogen and oxygen atoms in total. The average molecular weight is 1070 g/mol. The second-order valence-corrected chi connectivity index (χ2v) is 20.9. The molecule has 0 aliphatic carbocycles. The Bertz CT molecular complexity index is 1600. The first-order valence-electron chi connectivity index (χ1n) is 32.0. The Kier molecular flexibility index (Phi) is 60.8. The van der Waals surface area contributed by atoms with Crippen molar-refractivity contribution in [3.8, 4) is 0 Å². The molecular weight excluding hydrogens is 949 g/mol. The van der Waals surface area contributed by atoms with Crippen molar-refractivity contribution in [3.05, 3.63) is 122 Å². The van der Waals surface area contributed by atoms with Gasteiger partial charge in [-0.15, -0.1) is 0 Å². The smallest absolute Gasteiger partial charge is 0.306 e. The molecular formula is C71H118O6. The molecule has 0 bridgehead atoms. The van der Waals surface area contributed by atoms with Crippen LogP contribution in [0.5, 0.6) is 0 Å². The lowest BCUT2D eigenvalue weighted by molar-refractivity contribution is -0.167. The van der Waals surface area contributed by atoms with Crippen LogP contribution in [0.15, 0.2) is 122 Å². The topological polar surface area (TPSA) is 78.9 Å². The summed E-state index contributed by atoms with van der Waals surface area (Å²) in [5.41, 5.74) is 0. The fraction of sp³-hybridized carbons (Fsp3) is 0.676. The fourth-order valence-electron chi connectivity index (χ4n) is 8.67. The van der Waals surface area contributed by atoms with Crippen LogP contribution in [0, 0.1) is 0 Å². The molecule has 0 N–H and O–H groups in total. The molecule has 0 aliphatic rings. The summed E-state index contributed by atoms with van der Waals surface area (Å²) in [5, 5.41) is 0. The molecule has 1 atom stereocenters. The van der Waals surface area contributed by atoms with Crippen molar-refractivity contribution in [2.24, 2.45) is 0 Å². The first-order valence-corrected chi connectivity index (χ1v) is 32.0. The molecule has 77 heavy (non-hydrogen) atoms. The number of rotatable bonds is 57. The minimum absolute atomic E-state index is 0.0896. The molecule has 0 spiro atoms. The van der Waals surface area contributed by atoms with E-state index in [1.165, 1.54) is 96.3 Å². The van der Waals surface area contributed by atoms with Gasteiger partial charge in [-0.05, 0) is 109 Å². The molecule has 6 heteroatoms. The van der Waals surface area contributed by atoms with Gasteiger partial charge in [0.25, 0.3) is 0 Å². The Balaban J connectivity index is 4.31. The lowest BCUT2D eigenvalue weighted by Crippen LogP contribution is -2.30. The van der Waals surface area contributed by atoms with Gasteiger partial charge in [0.15, 0.2) is 6.10 Å². The van der Waals surface area contributed by atoms with Crippen LogP contribution >= 0.6 is 0 Å². The second kappa shape index (κ2) is 64.3. The number of unbranched alkanes of at least 4 members (excludes halogenated alkanes) is 26. The zero-order chi connectivity index (χ0) is 55.7. The molecule has 0 amide bonds. The molecule has 0 aliphatic heterocycles. The van der Waals surface area contributed by atoms with Gasteiger partial charge in [0.05, 0.1) is 0 Å². The van der Waals surface area contributed by atoms with Crippen LogP contribution in [0.3, 0.4) is 0 Å². The number of ether oxygens (including phenoxy) is 3. The Labute approximate surface area is 475 Å². The maximum Gasteiger partial charge on any atom is 0.306 e. The first-order chi connectivity index (χ1) is 38.0. The molecule has 438 valence electrons. The third kappa shape index (κ3) is 62.5. The van der Waals surface area contributed by atoms with E-state index in [9.17, 15) is 14.4 Å². The minimum atomic E-state index is -0.791. The number of carbonyl (C=O) groups excluding carboxylic acids is 3. The SMILES string of the molecule is CC/C=C\C/C=C\C/C=C\C/C=C\C/C=C\C/C=C\C/C=C\C/C=C\CCCCCCCCC(=O)OCC(COC(=O)CCCCCCC/C=C\C/C=C\CCC)OC(=O)CCCCCCCCCCCCCCCCC. The van der Waals surface area contributed by atoms with Crippen molar-refractivity contribution in [1.29, 1.82) is 0 Å². The lowest BCUT2D eigenvalue weighted by atomic mass is 10.0. The van der Waals surface area contributed by atoms with Gasteiger partial charge in [0, 0.05) is 19.3 Å². The maximum atomic E-state index is 12.9. The van der Waals surface area contributed by atoms with Crippen LogP contribution in [0.2, 0.25) is 0 Å². The number of carbonyl (C=O) groups is 3. The van der Waals surface area contributed by atoms with Crippen molar-refractivity contribution in [3.63, 3.8) is 0 Å². The Hall–Kier alpha value is -4.19. The molecule has 0 aromatic heterocycles. The lowest BCUT2D eigenvalue weighted by Gasteiger charge is -2.18. The summed E-state index contributed by atoms with van der Waals surface area (Å²) in [7, 11) is 0. The van der Waals surface area contributed by atoms with Gasteiger partial charge in [-0.3, -0.25) is 14.4 Å². The number of allylic oxidation sites excluding steroid dienone is 20. The van der Waals surface area contributed by atoms with Gasteiger partial charge in [-0.1, -0.05) is 284 Å². The van der Waals surface area contributed by atoms with Crippen molar-refractivity contribution in [2.45, 2.75) is 297 Å². The highest BCUT2D eigenvalue weighted by Crippen LogP contribution is 2.16. The average Bonchev–Trinajstić information content (AvgIpc) is 3.43. The second-order valence-electron chi connectivity index (χ2n) is 20.9. The minimum Gasteiger partial charge on any atom is -0.462 e. The Morgan fingerprint density at radius 2 is 0.532 bits per heavy atom. The van der Waals surface area contributed by atoms with Gasteiger partial charge in [-0.25, -0.2) is 0 Å².